The van der Waals surface area contributed by atoms with Crippen LogP contribution >= 0.6 is 11.3 Å². The van der Waals surface area contributed by atoms with Crippen molar-refractivity contribution in [2.75, 3.05) is 0 Å². The van der Waals surface area contributed by atoms with Crippen LogP contribution in [0.15, 0.2) is 24.3 Å². The molecule has 0 aliphatic heterocycles. The first-order chi connectivity index (χ1) is 13.3. The zero-order chi connectivity index (χ0) is 18.6. The molecule has 2 aromatic rings. The number of aryl methyl sites for hydroxylation is 1. The van der Waals surface area contributed by atoms with Crippen molar-refractivity contribution in [3.63, 3.8) is 0 Å². The summed E-state index contributed by atoms with van der Waals surface area (Å²) in [6.45, 7) is 4.63. The summed E-state index contributed by atoms with van der Waals surface area (Å²) in [7, 11) is 0. The van der Waals surface area contributed by atoms with Crippen molar-refractivity contribution in [2.45, 2.75) is 96.8 Å². The van der Waals surface area contributed by atoms with Gasteiger partial charge in [0.1, 0.15) is 0 Å². The zero-order valence-corrected chi connectivity index (χ0v) is 18.3. The highest BCUT2D eigenvalue weighted by atomic mass is 32.1. The summed E-state index contributed by atoms with van der Waals surface area (Å²) >= 11 is 2.03. The van der Waals surface area contributed by atoms with Gasteiger partial charge in [-0.1, -0.05) is 58.1 Å². The molecule has 0 saturated heterocycles. The molecule has 4 rings (SSSR count). The molecule has 0 unspecified atom stereocenters. The van der Waals surface area contributed by atoms with Crippen LogP contribution in [0.2, 0.25) is 0 Å². The Morgan fingerprint density at radius 1 is 0.815 bits per heavy atom. The van der Waals surface area contributed by atoms with Gasteiger partial charge in [-0.15, -0.1) is 11.3 Å². The Hall–Kier alpha value is -0.820. The van der Waals surface area contributed by atoms with E-state index in [0.29, 0.717) is 0 Å². The maximum absolute atomic E-state index is 2.53. The molecule has 0 atom stereocenters. The maximum atomic E-state index is 2.53. The normalized spacial score (nSPS) is 29.3. The second kappa shape index (κ2) is 9.12. The van der Waals surface area contributed by atoms with Crippen molar-refractivity contribution in [3.05, 3.63) is 34.7 Å². The molecule has 2 saturated carbocycles. The van der Waals surface area contributed by atoms with E-state index in [2.05, 4.69) is 38.1 Å². The summed E-state index contributed by atoms with van der Waals surface area (Å²) in [6, 6.07) is 9.77. The third-order valence-corrected chi connectivity index (χ3v) is 8.75. The van der Waals surface area contributed by atoms with E-state index in [9.17, 15) is 0 Å². The van der Waals surface area contributed by atoms with E-state index in [-0.39, 0.29) is 0 Å². The predicted molar refractivity (Wildman–Crippen MR) is 121 cm³/mol. The lowest BCUT2D eigenvalue weighted by molar-refractivity contribution is 0.156. The van der Waals surface area contributed by atoms with Gasteiger partial charge in [0.15, 0.2) is 0 Å². The van der Waals surface area contributed by atoms with Gasteiger partial charge in [-0.25, -0.2) is 0 Å². The lowest BCUT2D eigenvalue weighted by atomic mass is 9.68. The zero-order valence-electron chi connectivity index (χ0n) is 17.5. The molecule has 0 spiro atoms. The van der Waals surface area contributed by atoms with Crippen LogP contribution in [0.5, 0.6) is 0 Å². The monoisotopic (exact) mass is 382 g/mol. The third kappa shape index (κ3) is 4.61. The van der Waals surface area contributed by atoms with Crippen molar-refractivity contribution >= 4 is 21.4 Å². The third-order valence-electron chi connectivity index (χ3n) is 7.59. The average Bonchev–Trinajstić information content (AvgIpc) is 3.11. The Balaban J connectivity index is 1.33. The summed E-state index contributed by atoms with van der Waals surface area (Å²) in [6.07, 6.45) is 17.3. The minimum atomic E-state index is 0.818. The fourth-order valence-electron chi connectivity index (χ4n) is 6.01. The molecule has 0 N–H and O–H groups in total. The largest absolute Gasteiger partial charge is 0.140 e. The van der Waals surface area contributed by atoms with Gasteiger partial charge >= 0.3 is 0 Å². The van der Waals surface area contributed by atoms with E-state index < -0.39 is 0 Å². The van der Waals surface area contributed by atoms with Gasteiger partial charge in [-0.3, -0.25) is 0 Å². The first kappa shape index (κ1) is 19.5. The summed E-state index contributed by atoms with van der Waals surface area (Å²) in [4.78, 5) is 1.56. The molecule has 27 heavy (non-hydrogen) atoms. The fourth-order valence-corrected chi connectivity index (χ4v) is 7.22. The smallest absolute Gasteiger partial charge is 0.0348 e. The van der Waals surface area contributed by atoms with Crippen LogP contribution in [-0.2, 0) is 6.42 Å². The van der Waals surface area contributed by atoms with E-state index in [1.807, 2.05) is 11.3 Å². The average molecular weight is 383 g/mol. The predicted octanol–water partition coefficient (Wildman–Crippen LogP) is 8.73. The highest BCUT2D eigenvalue weighted by Gasteiger charge is 2.31. The second-order valence-electron chi connectivity index (χ2n) is 9.44. The standard InChI is InChI=1S/C26H38S/c1-3-5-19-7-9-20(10-8-19)21-11-13-22(14-12-21)23-15-16-24-17-25(6-4-2)27-26(24)18-23/h15-22H,3-14H2,1-2H3. The van der Waals surface area contributed by atoms with Crippen molar-refractivity contribution in [1.29, 1.82) is 0 Å². The molecule has 0 amide bonds. The van der Waals surface area contributed by atoms with Gasteiger partial charge in [0.2, 0.25) is 0 Å². The first-order valence-electron chi connectivity index (χ1n) is 11.8. The molecular weight excluding hydrogens is 344 g/mol. The highest BCUT2D eigenvalue weighted by Crippen LogP contribution is 2.45. The molecule has 0 nitrogen and oxygen atoms in total. The molecule has 0 radical (unpaired) electrons. The summed E-state index contributed by atoms with van der Waals surface area (Å²) in [5, 5.41) is 1.46. The van der Waals surface area contributed by atoms with Crippen LogP contribution in [0.4, 0.5) is 0 Å². The number of hydrogen-bond acceptors (Lipinski definition) is 1. The van der Waals surface area contributed by atoms with Crippen molar-refractivity contribution in [2.24, 2.45) is 17.8 Å². The number of rotatable bonds is 6. The molecule has 148 valence electrons. The van der Waals surface area contributed by atoms with Crippen LogP contribution in [0.25, 0.3) is 10.1 Å². The van der Waals surface area contributed by atoms with Gasteiger partial charge in [0.05, 0.1) is 0 Å². The molecule has 1 heterocycles. The summed E-state index contributed by atoms with van der Waals surface area (Å²) in [5.41, 5.74) is 1.62. The van der Waals surface area contributed by atoms with E-state index in [1.165, 1.54) is 87.1 Å². The lowest BCUT2D eigenvalue weighted by Gasteiger charge is -2.38. The van der Waals surface area contributed by atoms with Crippen molar-refractivity contribution in [3.8, 4) is 0 Å². The summed E-state index contributed by atoms with van der Waals surface area (Å²) < 4.78 is 1.52. The molecule has 2 fully saturated rings. The SMILES string of the molecule is CCCc1cc2ccc(C3CCC(C4CCC(CCC)CC4)CC3)cc2s1. The molecule has 1 heteroatoms. The maximum Gasteiger partial charge on any atom is 0.0348 e. The van der Waals surface area contributed by atoms with Crippen LogP contribution in [-0.4, -0.2) is 0 Å². The number of hydrogen-bond donors (Lipinski definition) is 0. The van der Waals surface area contributed by atoms with E-state index >= 15 is 0 Å². The number of thiophene rings is 1. The van der Waals surface area contributed by atoms with Gasteiger partial charge in [-0.05, 0) is 91.7 Å². The van der Waals surface area contributed by atoms with Crippen LogP contribution in [0, 0.1) is 17.8 Å². The van der Waals surface area contributed by atoms with Gasteiger partial charge in [-0.2, -0.15) is 0 Å². The molecule has 2 aliphatic carbocycles. The van der Waals surface area contributed by atoms with Crippen LogP contribution in [0.1, 0.15) is 101 Å². The van der Waals surface area contributed by atoms with Crippen molar-refractivity contribution < 1.29 is 0 Å². The Labute approximate surface area is 170 Å². The van der Waals surface area contributed by atoms with Crippen LogP contribution < -0.4 is 0 Å². The van der Waals surface area contributed by atoms with E-state index in [4.69, 9.17) is 0 Å². The quantitative estimate of drug-likeness (QED) is 0.468. The topological polar surface area (TPSA) is 0 Å². The minimum absolute atomic E-state index is 0.818. The molecule has 1 aromatic heterocycles. The minimum Gasteiger partial charge on any atom is -0.140 e. The molecule has 1 aromatic carbocycles. The second-order valence-corrected chi connectivity index (χ2v) is 10.6. The summed E-state index contributed by atoms with van der Waals surface area (Å²) in [5.74, 6) is 3.96. The van der Waals surface area contributed by atoms with Crippen LogP contribution in [0.3, 0.4) is 0 Å². The Kier molecular flexibility index (Phi) is 6.58. The molecule has 2 aliphatic rings. The molecule has 0 bridgehead atoms. The van der Waals surface area contributed by atoms with Gasteiger partial charge in [0, 0.05) is 9.58 Å². The first-order valence-corrected chi connectivity index (χ1v) is 12.6. The fraction of sp³-hybridized carbons (Fsp3) is 0.692. The van der Waals surface area contributed by atoms with Crippen molar-refractivity contribution in [1.82, 2.24) is 0 Å². The Morgan fingerprint density at radius 3 is 2.19 bits per heavy atom. The van der Waals surface area contributed by atoms with Gasteiger partial charge in [0.25, 0.3) is 0 Å². The highest BCUT2D eigenvalue weighted by molar-refractivity contribution is 7.19. The lowest BCUT2D eigenvalue weighted by Crippen LogP contribution is -2.25. The van der Waals surface area contributed by atoms with Gasteiger partial charge < -0.3 is 0 Å². The van der Waals surface area contributed by atoms with E-state index in [1.54, 1.807) is 10.4 Å². The Bertz CT molecular complexity index is 711. The Morgan fingerprint density at radius 2 is 1.52 bits per heavy atom. The number of benzene rings is 1. The number of fused-ring (bicyclic) bond motifs is 1. The molecular formula is C26H38S. The van der Waals surface area contributed by atoms with E-state index in [0.717, 1.165) is 23.7 Å².